The number of aliphatic hydroxyl groups is 1. The normalized spacial score (nSPS) is 10.9. The minimum Gasteiger partial charge on any atom is -0.465 e. The van der Waals surface area contributed by atoms with Gasteiger partial charge in [0.2, 0.25) is 0 Å². The maximum Gasteiger partial charge on any atom is 0.417 e. The Balaban J connectivity index is 3.64. The topological polar surface area (TPSA) is 70.3 Å². The number of esters is 1. The highest BCUT2D eigenvalue weighted by molar-refractivity contribution is 5.94. The molecule has 1 aromatic carbocycles. The summed E-state index contributed by atoms with van der Waals surface area (Å²) in [7, 11) is 0.977. The Labute approximate surface area is 100 Å². The lowest BCUT2D eigenvalue weighted by atomic mass is 9.96. The zero-order valence-corrected chi connectivity index (χ0v) is 9.21. The fourth-order valence-electron chi connectivity index (χ4n) is 1.47. The van der Waals surface area contributed by atoms with Gasteiger partial charge in [0.1, 0.15) is 6.07 Å². The van der Waals surface area contributed by atoms with Crippen molar-refractivity contribution in [1.82, 2.24) is 0 Å². The van der Waals surface area contributed by atoms with Crippen LogP contribution in [0, 0.1) is 11.3 Å². The molecule has 0 heterocycles. The van der Waals surface area contributed by atoms with Crippen molar-refractivity contribution in [3.8, 4) is 6.07 Å². The van der Waals surface area contributed by atoms with Crippen LogP contribution in [0.4, 0.5) is 13.2 Å². The second-order valence-electron chi connectivity index (χ2n) is 3.28. The van der Waals surface area contributed by atoms with Gasteiger partial charge in [-0.3, -0.25) is 0 Å². The monoisotopic (exact) mass is 259 g/mol. The van der Waals surface area contributed by atoms with Gasteiger partial charge in [0.05, 0.1) is 30.4 Å². The summed E-state index contributed by atoms with van der Waals surface area (Å²) in [5.41, 5.74) is -2.73. The molecule has 0 spiro atoms. The molecule has 0 bridgehead atoms. The Morgan fingerprint density at radius 1 is 1.50 bits per heavy atom. The number of hydrogen-bond donors (Lipinski definition) is 1. The Kier molecular flexibility index (Phi) is 3.93. The highest BCUT2D eigenvalue weighted by Crippen LogP contribution is 2.34. The van der Waals surface area contributed by atoms with Crippen LogP contribution in [0.25, 0.3) is 0 Å². The molecule has 0 aliphatic rings. The van der Waals surface area contributed by atoms with Crippen LogP contribution >= 0.6 is 0 Å². The van der Waals surface area contributed by atoms with E-state index in [9.17, 15) is 18.0 Å². The average molecular weight is 259 g/mol. The molecule has 0 unspecified atom stereocenters. The van der Waals surface area contributed by atoms with Crippen molar-refractivity contribution in [3.63, 3.8) is 0 Å². The molecule has 0 fully saturated rings. The molecule has 0 saturated heterocycles. The number of carbonyl (C=O) groups is 1. The molecule has 0 aromatic heterocycles. The van der Waals surface area contributed by atoms with Gasteiger partial charge in [-0.2, -0.15) is 18.4 Å². The lowest BCUT2D eigenvalue weighted by molar-refractivity contribution is -0.137. The molecule has 7 heteroatoms. The number of carbonyl (C=O) groups excluding carboxylic acids is 1. The predicted octanol–water partition coefficient (Wildman–Crippen LogP) is 1.86. The van der Waals surface area contributed by atoms with Crippen LogP contribution in [0.2, 0.25) is 0 Å². The van der Waals surface area contributed by atoms with E-state index in [4.69, 9.17) is 10.4 Å². The summed E-state index contributed by atoms with van der Waals surface area (Å²) in [5.74, 6) is -1.10. The minimum atomic E-state index is -4.76. The van der Waals surface area contributed by atoms with Crippen LogP contribution in [0.3, 0.4) is 0 Å². The Hall–Kier alpha value is -2.07. The van der Waals surface area contributed by atoms with Gasteiger partial charge >= 0.3 is 12.1 Å². The molecule has 96 valence electrons. The number of nitrogens with zero attached hydrogens (tertiary/aromatic N) is 1. The van der Waals surface area contributed by atoms with Gasteiger partial charge in [0, 0.05) is 0 Å². The lowest BCUT2D eigenvalue weighted by Crippen LogP contribution is -2.15. The van der Waals surface area contributed by atoms with E-state index in [0.717, 1.165) is 13.2 Å². The highest BCUT2D eigenvalue weighted by atomic mass is 19.4. The fourth-order valence-corrected chi connectivity index (χ4v) is 1.47. The molecule has 0 amide bonds. The number of methoxy groups -OCH3 is 1. The van der Waals surface area contributed by atoms with Crippen molar-refractivity contribution in [2.24, 2.45) is 0 Å². The molecule has 1 aromatic rings. The number of rotatable bonds is 2. The van der Waals surface area contributed by atoms with Gasteiger partial charge in [0.15, 0.2) is 0 Å². The number of aliphatic hydroxyl groups excluding tert-OH is 1. The first-order valence-electron chi connectivity index (χ1n) is 4.69. The van der Waals surface area contributed by atoms with Gasteiger partial charge in [0.25, 0.3) is 0 Å². The summed E-state index contributed by atoms with van der Waals surface area (Å²) in [5, 5.41) is 17.8. The smallest absolute Gasteiger partial charge is 0.417 e. The van der Waals surface area contributed by atoms with E-state index in [1.165, 1.54) is 6.07 Å². The van der Waals surface area contributed by atoms with Gasteiger partial charge < -0.3 is 9.84 Å². The number of alkyl halides is 3. The van der Waals surface area contributed by atoms with E-state index in [0.29, 0.717) is 6.07 Å². The molecule has 18 heavy (non-hydrogen) atoms. The van der Waals surface area contributed by atoms with Gasteiger partial charge in [-0.1, -0.05) is 6.07 Å². The summed E-state index contributed by atoms with van der Waals surface area (Å²) in [6, 6.07) is 2.92. The zero-order valence-electron chi connectivity index (χ0n) is 9.21. The molecule has 1 rings (SSSR count). The first-order valence-corrected chi connectivity index (χ1v) is 4.69. The zero-order chi connectivity index (χ0) is 13.9. The van der Waals surface area contributed by atoms with Gasteiger partial charge in [-0.25, -0.2) is 4.79 Å². The standard InChI is InChI=1S/C11H8F3NO3/c1-18-10(17)9-6(5-16)2-3-8(7(9)4-15)11(12,13)14/h2-3,16H,5H2,1H3. The molecule has 1 N–H and O–H groups in total. The second kappa shape index (κ2) is 5.06. The van der Waals surface area contributed by atoms with E-state index in [1.54, 1.807) is 0 Å². The predicted molar refractivity (Wildman–Crippen MR) is 53.4 cm³/mol. The SMILES string of the molecule is COC(=O)c1c(CO)ccc(C(F)(F)F)c1C#N. The van der Waals surface area contributed by atoms with Crippen LogP contribution in [-0.4, -0.2) is 18.2 Å². The number of ether oxygens (including phenoxy) is 1. The minimum absolute atomic E-state index is 0.0913. The lowest BCUT2D eigenvalue weighted by Gasteiger charge is -2.13. The van der Waals surface area contributed by atoms with Crippen molar-refractivity contribution >= 4 is 5.97 Å². The third-order valence-electron chi connectivity index (χ3n) is 2.27. The third-order valence-corrected chi connectivity index (χ3v) is 2.27. The molecule has 0 aliphatic carbocycles. The van der Waals surface area contributed by atoms with E-state index in [2.05, 4.69) is 4.74 Å². The first kappa shape index (κ1) is 14.0. The summed E-state index contributed by atoms with van der Waals surface area (Å²) >= 11 is 0. The van der Waals surface area contributed by atoms with E-state index in [1.807, 2.05) is 0 Å². The molecular formula is C11H8F3NO3. The maximum atomic E-state index is 12.7. The number of hydrogen-bond acceptors (Lipinski definition) is 4. The molecule has 0 saturated carbocycles. The fraction of sp³-hybridized carbons (Fsp3) is 0.273. The van der Waals surface area contributed by atoms with Crippen molar-refractivity contribution in [1.29, 1.82) is 5.26 Å². The molecule has 0 radical (unpaired) electrons. The van der Waals surface area contributed by atoms with E-state index >= 15 is 0 Å². The van der Waals surface area contributed by atoms with Crippen LogP contribution in [0.5, 0.6) is 0 Å². The Morgan fingerprint density at radius 2 is 2.11 bits per heavy atom. The maximum absolute atomic E-state index is 12.7. The average Bonchev–Trinajstić information content (AvgIpc) is 2.34. The Bertz CT molecular complexity index is 517. The number of nitriles is 1. The number of halogens is 3. The largest absolute Gasteiger partial charge is 0.465 e. The quantitative estimate of drug-likeness (QED) is 0.823. The van der Waals surface area contributed by atoms with Crippen molar-refractivity contribution in [2.75, 3.05) is 7.11 Å². The number of benzene rings is 1. The van der Waals surface area contributed by atoms with Crippen LogP contribution in [-0.2, 0) is 17.5 Å². The van der Waals surface area contributed by atoms with Crippen LogP contribution in [0.15, 0.2) is 12.1 Å². The van der Waals surface area contributed by atoms with Crippen molar-refractivity contribution < 1.29 is 27.8 Å². The second-order valence-corrected chi connectivity index (χ2v) is 3.28. The summed E-state index contributed by atoms with van der Waals surface area (Å²) in [4.78, 5) is 11.4. The molecule has 0 atom stereocenters. The third kappa shape index (κ3) is 2.43. The Morgan fingerprint density at radius 3 is 2.50 bits per heavy atom. The van der Waals surface area contributed by atoms with Crippen LogP contribution < -0.4 is 0 Å². The van der Waals surface area contributed by atoms with Crippen molar-refractivity contribution in [3.05, 3.63) is 34.4 Å². The highest BCUT2D eigenvalue weighted by Gasteiger charge is 2.36. The van der Waals surface area contributed by atoms with E-state index in [-0.39, 0.29) is 5.56 Å². The first-order chi connectivity index (χ1) is 8.36. The van der Waals surface area contributed by atoms with E-state index < -0.39 is 35.4 Å². The molecule has 4 nitrogen and oxygen atoms in total. The molecule has 0 aliphatic heterocycles. The van der Waals surface area contributed by atoms with Crippen molar-refractivity contribution in [2.45, 2.75) is 12.8 Å². The van der Waals surface area contributed by atoms with Gasteiger partial charge in [-0.05, 0) is 11.6 Å². The molecular weight excluding hydrogens is 251 g/mol. The summed E-state index contributed by atoms with van der Waals surface area (Å²) in [6.45, 7) is -0.669. The summed E-state index contributed by atoms with van der Waals surface area (Å²) in [6.07, 6.45) is -4.76. The summed E-state index contributed by atoms with van der Waals surface area (Å²) < 4.78 is 42.3. The van der Waals surface area contributed by atoms with Crippen LogP contribution in [0.1, 0.15) is 27.0 Å². The van der Waals surface area contributed by atoms with Gasteiger partial charge in [-0.15, -0.1) is 0 Å².